The molecule has 1 N–H and O–H groups in total. The van der Waals surface area contributed by atoms with Crippen molar-refractivity contribution in [1.82, 2.24) is 0 Å². The molecule has 0 fully saturated rings. The lowest BCUT2D eigenvalue weighted by molar-refractivity contribution is 0.454. The molecule has 27 heavy (non-hydrogen) atoms. The third-order valence-corrected chi connectivity index (χ3v) is 5.17. The summed E-state index contributed by atoms with van der Waals surface area (Å²) in [5.74, 6) is 0.600. The highest BCUT2D eigenvalue weighted by Gasteiger charge is 2.17. The largest absolute Gasteiger partial charge is 0.539 e. The van der Waals surface area contributed by atoms with Crippen LogP contribution in [0.4, 0.5) is 0 Å². The molecule has 2 aromatic heterocycles. The molecule has 0 saturated heterocycles. The van der Waals surface area contributed by atoms with Gasteiger partial charge in [-0.25, -0.2) is 0 Å². The summed E-state index contributed by atoms with van der Waals surface area (Å²) in [5, 5.41) is 15.4. The van der Waals surface area contributed by atoms with Gasteiger partial charge in [0.25, 0.3) is 0 Å². The molecule has 0 aliphatic carbocycles. The average Bonchev–Trinajstić information content (AvgIpc) is 3.26. The molecular formula is C22H13BO4. The fourth-order valence-corrected chi connectivity index (χ4v) is 3.98. The fraction of sp³-hybridized carbons (Fsp3) is 0. The van der Waals surface area contributed by atoms with E-state index in [-0.39, 0.29) is 7.69 Å². The molecule has 6 aromatic rings. The lowest BCUT2D eigenvalue weighted by Gasteiger charge is -2.00. The topological polar surface area (TPSA) is 55.7 Å². The van der Waals surface area contributed by atoms with Gasteiger partial charge in [-0.05, 0) is 47.2 Å². The molecule has 0 aliphatic heterocycles. The van der Waals surface area contributed by atoms with Crippen molar-refractivity contribution in [3.8, 4) is 5.75 Å². The molecule has 0 saturated carbocycles. The minimum absolute atomic E-state index is 0.359. The molecule has 128 valence electrons. The van der Waals surface area contributed by atoms with E-state index in [0.29, 0.717) is 5.75 Å². The van der Waals surface area contributed by atoms with Crippen molar-refractivity contribution in [3.63, 3.8) is 0 Å². The molecule has 4 aromatic carbocycles. The molecule has 5 heteroatoms. The number of rotatable bonds is 2. The van der Waals surface area contributed by atoms with Crippen LogP contribution < -0.4 is 4.65 Å². The molecule has 0 aliphatic rings. The van der Waals surface area contributed by atoms with E-state index < -0.39 is 0 Å². The zero-order valence-electron chi connectivity index (χ0n) is 14.2. The van der Waals surface area contributed by atoms with Gasteiger partial charge >= 0.3 is 7.69 Å². The highest BCUT2D eigenvalue weighted by atomic mass is 16.5. The van der Waals surface area contributed by atoms with Gasteiger partial charge in [-0.1, -0.05) is 30.3 Å². The second kappa shape index (κ2) is 5.28. The van der Waals surface area contributed by atoms with Crippen LogP contribution >= 0.6 is 0 Å². The number of furan rings is 2. The predicted molar refractivity (Wildman–Crippen MR) is 108 cm³/mol. The lowest BCUT2D eigenvalue weighted by Crippen LogP contribution is -1.98. The molecule has 4 nitrogen and oxygen atoms in total. The van der Waals surface area contributed by atoms with Gasteiger partial charge in [0.15, 0.2) is 11.2 Å². The van der Waals surface area contributed by atoms with Gasteiger partial charge < -0.3 is 18.5 Å². The molecule has 2 heterocycles. The monoisotopic (exact) mass is 352 g/mol. The van der Waals surface area contributed by atoms with Crippen molar-refractivity contribution in [1.29, 1.82) is 0 Å². The smallest absolute Gasteiger partial charge is 0.504 e. The Labute approximate surface area is 153 Å². The molecule has 0 spiro atoms. The van der Waals surface area contributed by atoms with Crippen LogP contribution in [0.5, 0.6) is 5.75 Å². The van der Waals surface area contributed by atoms with Gasteiger partial charge in [-0.2, -0.15) is 0 Å². The van der Waals surface area contributed by atoms with E-state index in [1.54, 1.807) is 6.07 Å². The third kappa shape index (κ3) is 1.97. The zero-order valence-corrected chi connectivity index (χ0v) is 14.2. The van der Waals surface area contributed by atoms with E-state index in [9.17, 15) is 0 Å². The summed E-state index contributed by atoms with van der Waals surface area (Å²) in [6.45, 7) is 0. The summed E-state index contributed by atoms with van der Waals surface area (Å²) < 4.78 is 17.6. The zero-order chi connectivity index (χ0) is 18.0. The van der Waals surface area contributed by atoms with Crippen LogP contribution in [0, 0.1) is 0 Å². The Hall–Kier alpha value is -3.44. The van der Waals surface area contributed by atoms with Crippen molar-refractivity contribution < 1.29 is 18.5 Å². The van der Waals surface area contributed by atoms with Crippen LogP contribution in [0.2, 0.25) is 0 Å². The highest BCUT2D eigenvalue weighted by Crippen LogP contribution is 2.41. The second-order valence-corrected chi connectivity index (χ2v) is 6.61. The normalized spacial score (nSPS) is 11.9. The van der Waals surface area contributed by atoms with E-state index >= 15 is 0 Å². The number of hydrogen-bond donors (Lipinski definition) is 1. The van der Waals surface area contributed by atoms with Crippen LogP contribution in [-0.4, -0.2) is 12.7 Å². The maximum Gasteiger partial charge on any atom is 0.504 e. The van der Waals surface area contributed by atoms with Gasteiger partial charge in [0.1, 0.15) is 16.9 Å². The average molecular weight is 352 g/mol. The number of hydrogen-bond acceptors (Lipinski definition) is 4. The van der Waals surface area contributed by atoms with Gasteiger partial charge in [-0.15, -0.1) is 0 Å². The van der Waals surface area contributed by atoms with Crippen LogP contribution in [0.25, 0.3) is 54.6 Å². The molecule has 0 bridgehead atoms. The minimum atomic E-state index is -0.359. The first-order chi connectivity index (χ1) is 13.3. The molecular weight excluding hydrogens is 339 g/mol. The maximum atomic E-state index is 9.00. The molecule has 0 amide bonds. The summed E-state index contributed by atoms with van der Waals surface area (Å²) >= 11 is 0. The summed E-state index contributed by atoms with van der Waals surface area (Å²) in [7, 11) is -0.359. The van der Waals surface area contributed by atoms with Crippen molar-refractivity contribution >= 4 is 62.3 Å². The molecule has 0 unspecified atom stereocenters. The van der Waals surface area contributed by atoms with E-state index in [0.717, 1.165) is 43.9 Å². The summed E-state index contributed by atoms with van der Waals surface area (Å²) in [4.78, 5) is 0. The SMILES string of the molecule is OBOc1ccc2oc3c(ccc4c3oc3ccc5ccccc5c34)c2c1. The first kappa shape index (κ1) is 14.7. The minimum Gasteiger partial charge on any atom is -0.539 e. The first-order valence-electron chi connectivity index (χ1n) is 8.76. The molecule has 6 rings (SSSR count). The number of benzene rings is 4. The van der Waals surface area contributed by atoms with Crippen molar-refractivity contribution in [2.45, 2.75) is 0 Å². The Bertz CT molecular complexity index is 1490. The quantitative estimate of drug-likeness (QED) is 0.431. The number of fused-ring (bicyclic) bond motifs is 9. The van der Waals surface area contributed by atoms with Crippen molar-refractivity contribution in [2.75, 3.05) is 0 Å². The second-order valence-electron chi connectivity index (χ2n) is 6.61. The molecule has 0 radical (unpaired) electrons. The van der Waals surface area contributed by atoms with E-state index in [1.165, 1.54) is 10.8 Å². The van der Waals surface area contributed by atoms with E-state index in [4.69, 9.17) is 18.5 Å². The van der Waals surface area contributed by atoms with Crippen LogP contribution in [0.3, 0.4) is 0 Å². The summed E-state index contributed by atoms with van der Waals surface area (Å²) in [5.41, 5.74) is 3.08. The van der Waals surface area contributed by atoms with Crippen LogP contribution in [-0.2, 0) is 0 Å². The molecule has 0 atom stereocenters. The van der Waals surface area contributed by atoms with Crippen LogP contribution in [0.1, 0.15) is 0 Å². The Morgan fingerprint density at radius 1 is 0.704 bits per heavy atom. The van der Waals surface area contributed by atoms with Gasteiger partial charge in [-0.3, -0.25) is 0 Å². The Kier molecular flexibility index (Phi) is 2.88. The summed E-state index contributed by atoms with van der Waals surface area (Å²) in [6.07, 6.45) is 0. The van der Waals surface area contributed by atoms with E-state index in [2.05, 4.69) is 30.3 Å². The highest BCUT2D eigenvalue weighted by molar-refractivity contribution is 6.24. The Morgan fingerprint density at radius 2 is 1.48 bits per heavy atom. The van der Waals surface area contributed by atoms with Gasteiger partial charge in [0.2, 0.25) is 0 Å². The maximum absolute atomic E-state index is 9.00. The van der Waals surface area contributed by atoms with Crippen LogP contribution in [0.15, 0.2) is 75.6 Å². The van der Waals surface area contributed by atoms with Crippen molar-refractivity contribution in [3.05, 3.63) is 66.7 Å². The summed E-state index contributed by atoms with van der Waals surface area (Å²) in [6, 6.07) is 22.1. The lowest BCUT2D eigenvalue weighted by atomic mass is 10.0. The van der Waals surface area contributed by atoms with Gasteiger partial charge in [0.05, 0.1) is 0 Å². The fourth-order valence-electron chi connectivity index (χ4n) is 3.98. The van der Waals surface area contributed by atoms with Gasteiger partial charge in [0, 0.05) is 21.5 Å². The Balaban J connectivity index is 1.76. The third-order valence-electron chi connectivity index (χ3n) is 5.17. The Morgan fingerprint density at radius 3 is 2.41 bits per heavy atom. The predicted octanol–water partition coefficient (Wildman–Crippen LogP) is 5.28. The van der Waals surface area contributed by atoms with E-state index in [1.807, 2.05) is 30.3 Å². The first-order valence-corrected chi connectivity index (χ1v) is 8.76. The standard InChI is InChI=1S/C22H13BO4/c24-23-27-13-6-10-18-17(11-13)15-7-8-16-20-14-4-2-1-3-12(14)5-9-19(20)26-22(16)21(15)25-18/h1-11,23-24H. The van der Waals surface area contributed by atoms with Crippen molar-refractivity contribution in [2.24, 2.45) is 0 Å².